The highest BCUT2D eigenvalue weighted by Gasteiger charge is 2.43. The van der Waals surface area contributed by atoms with E-state index in [4.69, 9.17) is 5.26 Å². The molecule has 21 heavy (non-hydrogen) atoms. The van der Waals surface area contributed by atoms with Crippen molar-refractivity contribution in [2.45, 2.75) is 19.8 Å². The van der Waals surface area contributed by atoms with Gasteiger partial charge in [-0.3, -0.25) is 14.9 Å². The first-order valence-electron chi connectivity index (χ1n) is 6.60. The molecule has 1 unspecified atom stereocenters. The second-order valence-electron chi connectivity index (χ2n) is 5.18. The van der Waals surface area contributed by atoms with E-state index in [2.05, 4.69) is 0 Å². The molecule has 0 bridgehead atoms. The molecular formula is C14H15N3O4. The molecule has 1 heterocycles. The Bertz CT molecular complexity index is 638. The van der Waals surface area contributed by atoms with Gasteiger partial charge < -0.3 is 10.0 Å². The normalized spacial score (nSPS) is 21.0. The average molecular weight is 289 g/mol. The molecule has 1 aromatic rings. The highest BCUT2D eigenvalue weighted by atomic mass is 16.6. The van der Waals surface area contributed by atoms with Gasteiger partial charge in [-0.1, -0.05) is 6.92 Å². The number of aliphatic carboxylic acids is 1. The van der Waals surface area contributed by atoms with Crippen molar-refractivity contribution in [1.82, 2.24) is 0 Å². The minimum absolute atomic E-state index is 0.144. The van der Waals surface area contributed by atoms with Crippen LogP contribution in [0.15, 0.2) is 18.2 Å². The van der Waals surface area contributed by atoms with E-state index < -0.39 is 16.3 Å². The second-order valence-corrected chi connectivity index (χ2v) is 5.18. The number of hydrogen-bond donors (Lipinski definition) is 1. The smallest absolute Gasteiger partial charge is 0.311 e. The molecular weight excluding hydrogens is 274 g/mol. The summed E-state index contributed by atoms with van der Waals surface area (Å²) in [6.45, 7) is 2.66. The summed E-state index contributed by atoms with van der Waals surface area (Å²) in [6.07, 6.45) is 1.01. The highest BCUT2D eigenvalue weighted by Crippen LogP contribution is 2.38. The predicted molar refractivity (Wildman–Crippen MR) is 75.0 cm³/mol. The third-order valence-corrected chi connectivity index (χ3v) is 4.14. The maximum absolute atomic E-state index is 11.4. The van der Waals surface area contributed by atoms with Crippen LogP contribution in [0.25, 0.3) is 0 Å². The van der Waals surface area contributed by atoms with Gasteiger partial charge in [-0.15, -0.1) is 0 Å². The summed E-state index contributed by atoms with van der Waals surface area (Å²) in [4.78, 5) is 23.5. The number of rotatable bonds is 4. The molecule has 0 spiro atoms. The number of carbonyl (C=O) groups is 1. The third-order valence-electron chi connectivity index (χ3n) is 4.14. The molecule has 1 aromatic carbocycles. The number of nitro groups is 1. The van der Waals surface area contributed by atoms with Gasteiger partial charge in [0.1, 0.15) is 6.07 Å². The highest BCUT2D eigenvalue weighted by molar-refractivity contribution is 5.77. The van der Waals surface area contributed by atoms with Gasteiger partial charge in [-0.2, -0.15) is 5.26 Å². The van der Waals surface area contributed by atoms with E-state index in [0.717, 1.165) is 0 Å². The standard InChI is InChI=1S/C14H15N3O4/c1-2-14(13(18)19)5-6-16(9-14)12-4-3-11(17(20)21)7-10(12)8-15/h3-4,7H,2,5-6,9H2,1H3,(H,18,19). The molecule has 2 rings (SSSR count). The van der Waals surface area contributed by atoms with E-state index >= 15 is 0 Å². The van der Waals surface area contributed by atoms with Crippen molar-refractivity contribution in [2.24, 2.45) is 5.41 Å². The first-order valence-corrected chi connectivity index (χ1v) is 6.60. The molecule has 1 fully saturated rings. The summed E-state index contributed by atoms with van der Waals surface area (Å²) in [5.41, 5.74) is -0.204. The van der Waals surface area contributed by atoms with Gasteiger partial charge >= 0.3 is 5.97 Å². The lowest BCUT2D eigenvalue weighted by atomic mass is 9.84. The molecule has 1 saturated heterocycles. The molecule has 0 radical (unpaired) electrons. The molecule has 0 aliphatic carbocycles. The number of nitrogens with zero attached hydrogens (tertiary/aromatic N) is 3. The fraction of sp³-hybridized carbons (Fsp3) is 0.429. The van der Waals surface area contributed by atoms with E-state index in [1.807, 2.05) is 17.9 Å². The van der Waals surface area contributed by atoms with Crippen molar-refractivity contribution in [3.8, 4) is 6.07 Å². The molecule has 0 aromatic heterocycles. The third kappa shape index (κ3) is 2.52. The summed E-state index contributed by atoms with van der Waals surface area (Å²) in [7, 11) is 0. The van der Waals surface area contributed by atoms with E-state index in [-0.39, 0.29) is 11.3 Å². The summed E-state index contributed by atoms with van der Waals surface area (Å²) in [5, 5.41) is 29.3. The average Bonchev–Trinajstić information content (AvgIpc) is 2.92. The summed E-state index contributed by atoms with van der Waals surface area (Å²) in [5.74, 6) is -0.840. The van der Waals surface area contributed by atoms with Crippen LogP contribution >= 0.6 is 0 Å². The monoisotopic (exact) mass is 289 g/mol. The Morgan fingerprint density at radius 1 is 1.62 bits per heavy atom. The van der Waals surface area contributed by atoms with Crippen LogP contribution in [0.2, 0.25) is 0 Å². The molecule has 1 aliphatic heterocycles. The maximum atomic E-state index is 11.4. The minimum atomic E-state index is -0.840. The SMILES string of the molecule is CCC1(C(=O)O)CCN(c2ccc([N+](=O)[O-])cc2C#N)C1. The van der Waals surface area contributed by atoms with Crippen LogP contribution in [-0.2, 0) is 4.79 Å². The van der Waals surface area contributed by atoms with Gasteiger partial charge in [0.25, 0.3) is 5.69 Å². The first-order chi connectivity index (χ1) is 9.93. The summed E-state index contributed by atoms with van der Waals surface area (Å²) < 4.78 is 0. The number of carboxylic acids is 1. The van der Waals surface area contributed by atoms with Crippen LogP contribution < -0.4 is 4.90 Å². The quantitative estimate of drug-likeness (QED) is 0.672. The van der Waals surface area contributed by atoms with Gasteiger partial charge in [0.2, 0.25) is 0 Å². The molecule has 1 aliphatic rings. The van der Waals surface area contributed by atoms with Gasteiger partial charge in [0.05, 0.1) is 21.6 Å². The minimum Gasteiger partial charge on any atom is -0.481 e. The van der Waals surface area contributed by atoms with Gasteiger partial charge in [0, 0.05) is 25.2 Å². The fourth-order valence-corrected chi connectivity index (χ4v) is 2.70. The number of benzene rings is 1. The van der Waals surface area contributed by atoms with Crippen molar-refractivity contribution in [1.29, 1.82) is 5.26 Å². The number of hydrogen-bond acceptors (Lipinski definition) is 5. The Labute approximate surface area is 121 Å². The molecule has 0 amide bonds. The second kappa shape index (κ2) is 5.40. The van der Waals surface area contributed by atoms with Crippen LogP contribution in [0, 0.1) is 26.9 Å². The Balaban J connectivity index is 2.34. The van der Waals surface area contributed by atoms with Crippen LogP contribution in [0.5, 0.6) is 0 Å². The number of anilines is 1. The van der Waals surface area contributed by atoms with Crippen molar-refractivity contribution in [3.05, 3.63) is 33.9 Å². The predicted octanol–water partition coefficient (Wildman–Crippen LogP) is 2.16. The lowest BCUT2D eigenvalue weighted by Crippen LogP contribution is -2.34. The van der Waals surface area contributed by atoms with Gasteiger partial charge in [-0.05, 0) is 18.9 Å². The van der Waals surface area contributed by atoms with Crippen LogP contribution in [-0.4, -0.2) is 29.1 Å². The van der Waals surface area contributed by atoms with Crippen molar-refractivity contribution < 1.29 is 14.8 Å². The largest absolute Gasteiger partial charge is 0.481 e. The zero-order chi connectivity index (χ0) is 15.6. The van der Waals surface area contributed by atoms with E-state index in [1.165, 1.54) is 18.2 Å². The Kier molecular flexibility index (Phi) is 3.80. The topological polar surface area (TPSA) is 107 Å². The van der Waals surface area contributed by atoms with E-state index in [0.29, 0.717) is 31.6 Å². The van der Waals surface area contributed by atoms with E-state index in [9.17, 15) is 20.0 Å². The van der Waals surface area contributed by atoms with E-state index in [1.54, 1.807) is 0 Å². The Morgan fingerprint density at radius 3 is 2.81 bits per heavy atom. The summed E-state index contributed by atoms with van der Waals surface area (Å²) in [6, 6.07) is 6.03. The van der Waals surface area contributed by atoms with Crippen LogP contribution in [0.4, 0.5) is 11.4 Å². The number of nitriles is 1. The molecule has 0 saturated carbocycles. The number of nitro benzene ring substituents is 1. The van der Waals surface area contributed by atoms with Gasteiger partial charge in [-0.25, -0.2) is 0 Å². The number of carboxylic acid groups (broad SMARTS) is 1. The maximum Gasteiger partial charge on any atom is 0.311 e. The Hall–Kier alpha value is -2.62. The Morgan fingerprint density at radius 2 is 2.33 bits per heavy atom. The number of non-ortho nitro benzene ring substituents is 1. The molecule has 1 atom stereocenters. The lowest BCUT2D eigenvalue weighted by Gasteiger charge is -2.24. The molecule has 7 heteroatoms. The van der Waals surface area contributed by atoms with Crippen LogP contribution in [0.3, 0.4) is 0 Å². The molecule has 7 nitrogen and oxygen atoms in total. The lowest BCUT2D eigenvalue weighted by molar-refractivity contribution is -0.384. The fourth-order valence-electron chi connectivity index (χ4n) is 2.70. The molecule has 1 N–H and O–H groups in total. The first kappa shape index (κ1) is 14.8. The molecule has 110 valence electrons. The van der Waals surface area contributed by atoms with Crippen molar-refractivity contribution >= 4 is 17.3 Å². The summed E-state index contributed by atoms with van der Waals surface area (Å²) >= 11 is 0. The zero-order valence-corrected chi connectivity index (χ0v) is 11.6. The van der Waals surface area contributed by atoms with Crippen molar-refractivity contribution in [2.75, 3.05) is 18.0 Å². The van der Waals surface area contributed by atoms with Crippen molar-refractivity contribution in [3.63, 3.8) is 0 Å². The zero-order valence-electron chi connectivity index (χ0n) is 11.6. The van der Waals surface area contributed by atoms with Gasteiger partial charge in [0.15, 0.2) is 0 Å². The van der Waals surface area contributed by atoms with Crippen LogP contribution in [0.1, 0.15) is 25.3 Å².